The molecule has 1 aromatic heterocycles. The Labute approximate surface area is 126 Å². The Bertz CT molecular complexity index is 593. The maximum Gasteiger partial charge on any atom is 0.342 e. The Morgan fingerprint density at radius 2 is 2.10 bits per heavy atom. The Balaban J connectivity index is 2.04. The number of hydrogen-bond acceptors (Lipinski definition) is 5. The Morgan fingerprint density at radius 1 is 1.35 bits per heavy atom. The molecule has 0 bridgehead atoms. The second-order valence-corrected chi connectivity index (χ2v) is 5.15. The SMILES string of the molecule is CCOC(=O)c1cnc(SCc2ccccc2)nc1Cl. The third kappa shape index (κ3) is 3.95. The van der Waals surface area contributed by atoms with Crippen LogP contribution in [0.2, 0.25) is 5.15 Å². The van der Waals surface area contributed by atoms with Gasteiger partial charge >= 0.3 is 5.97 Å². The normalized spacial score (nSPS) is 10.3. The highest BCUT2D eigenvalue weighted by Crippen LogP contribution is 2.22. The summed E-state index contributed by atoms with van der Waals surface area (Å²) in [6.45, 7) is 2.02. The summed E-state index contributed by atoms with van der Waals surface area (Å²) in [5.41, 5.74) is 1.37. The maximum atomic E-state index is 11.6. The lowest BCUT2D eigenvalue weighted by atomic mass is 10.2. The molecule has 0 saturated heterocycles. The largest absolute Gasteiger partial charge is 0.462 e. The molecule has 20 heavy (non-hydrogen) atoms. The van der Waals surface area contributed by atoms with E-state index in [1.165, 1.54) is 23.5 Å². The maximum absolute atomic E-state index is 11.6. The van der Waals surface area contributed by atoms with Crippen LogP contribution in [0.1, 0.15) is 22.8 Å². The topological polar surface area (TPSA) is 52.1 Å². The van der Waals surface area contributed by atoms with Crippen molar-refractivity contribution in [2.45, 2.75) is 17.8 Å². The molecular formula is C14H13ClN2O2S. The lowest BCUT2D eigenvalue weighted by Crippen LogP contribution is -2.07. The van der Waals surface area contributed by atoms with Crippen LogP contribution < -0.4 is 0 Å². The van der Waals surface area contributed by atoms with Gasteiger partial charge in [0, 0.05) is 11.9 Å². The van der Waals surface area contributed by atoms with Gasteiger partial charge in [-0.1, -0.05) is 53.7 Å². The second-order valence-electron chi connectivity index (χ2n) is 3.85. The van der Waals surface area contributed by atoms with Crippen LogP contribution in [0, 0.1) is 0 Å². The van der Waals surface area contributed by atoms with Gasteiger partial charge in [0.15, 0.2) is 5.16 Å². The van der Waals surface area contributed by atoms with E-state index >= 15 is 0 Å². The Morgan fingerprint density at radius 3 is 2.75 bits per heavy atom. The van der Waals surface area contributed by atoms with Crippen molar-refractivity contribution in [3.63, 3.8) is 0 Å². The van der Waals surface area contributed by atoms with Crippen LogP contribution in [0.25, 0.3) is 0 Å². The number of rotatable bonds is 5. The molecule has 0 aliphatic heterocycles. The fourth-order valence-electron chi connectivity index (χ4n) is 1.48. The first-order valence-corrected chi connectivity index (χ1v) is 7.43. The van der Waals surface area contributed by atoms with E-state index in [-0.39, 0.29) is 10.7 Å². The van der Waals surface area contributed by atoms with Gasteiger partial charge in [-0.3, -0.25) is 0 Å². The third-order valence-electron chi connectivity index (χ3n) is 2.43. The van der Waals surface area contributed by atoms with E-state index < -0.39 is 5.97 Å². The summed E-state index contributed by atoms with van der Waals surface area (Å²) in [4.78, 5) is 19.8. The molecule has 2 aromatic rings. The van der Waals surface area contributed by atoms with Gasteiger partial charge in [-0.05, 0) is 12.5 Å². The van der Waals surface area contributed by atoms with E-state index in [1.54, 1.807) is 6.92 Å². The predicted molar refractivity (Wildman–Crippen MR) is 79.0 cm³/mol. The summed E-state index contributed by atoms with van der Waals surface area (Å²) < 4.78 is 4.87. The summed E-state index contributed by atoms with van der Waals surface area (Å²) in [7, 11) is 0. The molecule has 0 spiro atoms. The first-order chi connectivity index (χ1) is 9.70. The number of aromatic nitrogens is 2. The molecule has 0 N–H and O–H groups in total. The number of esters is 1. The van der Waals surface area contributed by atoms with Crippen molar-refractivity contribution < 1.29 is 9.53 Å². The molecule has 0 fully saturated rings. The number of carbonyl (C=O) groups excluding carboxylic acids is 1. The minimum atomic E-state index is -0.503. The van der Waals surface area contributed by atoms with Crippen molar-refractivity contribution in [1.82, 2.24) is 9.97 Å². The number of hydrogen-bond donors (Lipinski definition) is 0. The lowest BCUT2D eigenvalue weighted by Gasteiger charge is -2.05. The van der Waals surface area contributed by atoms with E-state index in [9.17, 15) is 4.79 Å². The van der Waals surface area contributed by atoms with Gasteiger partial charge in [0.25, 0.3) is 0 Å². The standard InChI is InChI=1S/C14H13ClN2O2S/c1-2-19-13(18)11-8-16-14(17-12(11)15)20-9-10-6-4-3-5-7-10/h3-8H,2,9H2,1H3. The van der Waals surface area contributed by atoms with Crippen molar-refractivity contribution in [3.05, 3.63) is 52.8 Å². The van der Waals surface area contributed by atoms with Crippen LogP contribution >= 0.6 is 23.4 Å². The van der Waals surface area contributed by atoms with Crippen molar-refractivity contribution in [3.8, 4) is 0 Å². The smallest absolute Gasteiger partial charge is 0.342 e. The van der Waals surface area contributed by atoms with Gasteiger partial charge in [0.1, 0.15) is 10.7 Å². The quantitative estimate of drug-likeness (QED) is 0.365. The fourth-order valence-corrected chi connectivity index (χ4v) is 2.51. The zero-order valence-electron chi connectivity index (χ0n) is 10.9. The Kier molecular flexibility index (Phi) is 5.38. The van der Waals surface area contributed by atoms with E-state index in [1.807, 2.05) is 30.3 Å². The highest BCUT2D eigenvalue weighted by molar-refractivity contribution is 7.98. The number of halogens is 1. The minimum Gasteiger partial charge on any atom is -0.462 e. The molecule has 1 aromatic carbocycles. The van der Waals surface area contributed by atoms with Crippen molar-refractivity contribution in [2.75, 3.05) is 6.61 Å². The number of carbonyl (C=O) groups is 1. The Hall–Kier alpha value is -1.59. The van der Waals surface area contributed by atoms with Gasteiger partial charge in [-0.25, -0.2) is 14.8 Å². The molecule has 0 radical (unpaired) electrons. The minimum absolute atomic E-state index is 0.119. The van der Waals surface area contributed by atoms with Crippen LogP contribution in [-0.4, -0.2) is 22.5 Å². The number of ether oxygens (including phenoxy) is 1. The zero-order chi connectivity index (χ0) is 14.4. The average molecular weight is 309 g/mol. The highest BCUT2D eigenvalue weighted by Gasteiger charge is 2.14. The van der Waals surface area contributed by atoms with Crippen LogP contribution in [0.5, 0.6) is 0 Å². The number of thioether (sulfide) groups is 1. The van der Waals surface area contributed by atoms with Crippen LogP contribution in [-0.2, 0) is 10.5 Å². The summed E-state index contributed by atoms with van der Waals surface area (Å²) in [5.74, 6) is 0.243. The van der Waals surface area contributed by atoms with Gasteiger partial charge in [0.2, 0.25) is 0 Å². The van der Waals surface area contributed by atoms with Gasteiger partial charge in [-0.2, -0.15) is 0 Å². The molecule has 0 atom stereocenters. The molecule has 0 unspecified atom stereocenters. The molecule has 0 aliphatic rings. The van der Waals surface area contributed by atoms with Gasteiger partial charge < -0.3 is 4.74 Å². The van der Waals surface area contributed by atoms with Crippen LogP contribution in [0.3, 0.4) is 0 Å². The van der Waals surface area contributed by atoms with Crippen molar-refractivity contribution >= 4 is 29.3 Å². The number of benzene rings is 1. The van der Waals surface area contributed by atoms with Gasteiger partial charge in [0.05, 0.1) is 6.61 Å². The molecule has 104 valence electrons. The van der Waals surface area contributed by atoms with Crippen molar-refractivity contribution in [2.24, 2.45) is 0 Å². The highest BCUT2D eigenvalue weighted by atomic mass is 35.5. The molecule has 0 amide bonds. The lowest BCUT2D eigenvalue weighted by molar-refractivity contribution is 0.0525. The monoisotopic (exact) mass is 308 g/mol. The second kappa shape index (κ2) is 7.26. The predicted octanol–water partition coefficient (Wildman–Crippen LogP) is 3.60. The summed E-state index contributed by atoms with van der Waals surface area (Å²) in [6, 6.07) is 9.99. The molecular weight excluding hydrogens is 296 g/mol. The fraction of sp³-hybridized carbons (Fsp3) is 0.214. The van der Waals surface area contributed by atoms with E-state index in [4.69, 9.17) is 16.3 Å². The van der Waals surface area contributed by atoms with Gasteiger partial charge in [-0.15, -0.1) is 0 Å². The van der Waals surface area contributed by atoms with Crippen molar-refractivity contribution in [1.29, 1.82) is 0 Å². The van der Waals surface area contributed by atoms with E-state index in [0.29, 0.717) is 11.8 Å². The van der Waals surface area contributed by atoms with E-state index in [0.717, 1.165) is 5.75 Å². The first-order valence-electron chi connectivity index (χ1n) is 6.07. The summed E-state index contributed by atoms with van der Waals surface area (Å²) in [5, 5.41) is 0.654. The van der Waals surface area contributed by atoms with E-state index in [2.05, 4.69) is 9.97 Å². The molecule has 0 saturated carbocycles. The van der Waals surface area contributed by atoms with Crippen LogP contribution in [0.15, 0.2) is 41.7 Å². The third-order valence-corrected chi connectivity index (χ3v) is 3.65. The first kappa shape index (κ1) is 14.8. The molecule has 1 heterocycles. The zero-order valence-corrected chi connectivity index (χ0v) is 12.4. The molecule has 0 aliphatic carbocycles. The number of nitrogens with zero attached hydrogens (tertiary/aromatic N) is 2. The molecule has 6 heteroatoms. The molecule has 4 nitrogen and oxygen atoms in total. The molecule has 2 rings (SSSR count). The summed E-state index contributed by atoms with van der Waals surface area (Å²) >= 11 is 7.44. The van der Waals surface area contributed by atoms with Crippen LogP contribution in [0.4, 0.5) is 0 Å². The average Bonchev–Trinajstić information content (AvgIpc) is 2.46. The summed E-state index contributed by atoms with van der Waals surface area (Å²) in [6.07, 6.45) is 1.40.